The molecule has 7 aromatic rings. The number of fused-ring (bicyclic) bond motifs is 3. The number of pyridine rings is 1. The lowest BCUT2D eigenvalue weighted by molar-refractivity contribution is 0.418. The third-order valence-corrected chi connectivity index (χ3v) is 8.48. The summed E-state index contributed by atoms with van der Waals surface area (Å²) >= 11 is 0. The van der Waals surface area contributed by atoms with Gasteiger partial charge in [-0.15, -0.1) is 0 Å². The zero-order valence-electron chi connectivity index (χ0n) is 25.5. The number of hydrogen-bond donors (Lipinski definition) is 1. The fourth-order valence-corrected chi connectivity index (χ4v) is 6.21. The third kappa shape index (κ3) is 4.79. The predicted octanol–water partition coefficient (Wildman–Crippen LogP) is 10.7. The van der Waals surface area contributed by atoms with E-state index in [9.17, 15) is 0 Å². The maximum Gasteiger partial charge on any atom is 0.150 e. The Labute approximate surface area is 258 Å². The molecule has 5 aromatic carbocycles. The van der Waals surface area contributed by atoms with E-state index in [4.69, 9.17) is 9.72 Å². The highest BCUT2D eigenvalue weighted by atomic mass is 16.5. The lowest BCUT2D eigenvalue weighted by Crippen LogP contribution is -2.01. The Morgan fingerprint density at radius 2 is 1.39 bits per heavy atom. The molecule has 0 aliphatic heterocycles. The summed E-state index contributed by atoms with van der Waals surface area (Å²) in [6.45, 7) is 6.62. The van der Waals surface area contributed by atoms with E-state index in [-0.39, 0.29) is 0 Å². The van der Waals surface area contributed by atoms with Gasteiger partial charge in [-0.25, -0.2) is 0 Å². The molecule has 44 heavy (non-hydrogen) atoms. The van der Waals surface area contributed by atoms with E-state index < -0.39 is 0 Å². The summed E-state index contributed by atoms with van der Waals surface area (Å²) in [5.41, 5.74) is 13.4. The van der Waals surface area contributed by atoms with Crippen molar-refractivity contribution in [2.75, 3.05) is 12.4 Å². The summed E-state index contributed by atoms with van der Waals surface area (Å²) in [4.78, 5) is 4.70. The maximum absolute atomic E-state index is 6.15. The maximum atomic E-state index is 6.15. The molecule has 1 N–H and O–H groups in total. The summed E-state index contributed by atoms with van der Waals surface area (Å²) in [5.74, 6) is 1.17. The van der Waals surface area contributed by atoms with Crippen molar-refractivity contribution < 1.29 is 4.74 Å². The number of nitrogens with zero attached hydrogens (tertiary/aromatic N) is 2. The number of hydrogen-bond acceptors (Lipinski definition) is 3. The van der Waals surface area contributed by atoms with Crippen molar-refractivity contribution in [2.24, 2.45) is 0 Å². The van der Waals surface area contributed by atoms with E-state index in [1.807, 2.05) is 12.3 Å². The number of anilines is 2. The van der Waals surface area contributed by atoms with Crippen LogP contribution in [0.3, 0.4) is 0 Å². The first-order chi connectivity index (χ1) is 21.5. The van der Waals surface area contributed by atoms with E-state index in [2.05, 4.69) is 146 Å². The fraction of sp³-hybridized carbons (Fsp3) is 0.125. The van der Waals surface area contributed by atoms with Gasteiger partial charge < -0.3 is 14.6 Å². The van der Waals surface area contributed by atoms with Crippen molar-refractivity contribution in [3.8, 4) is 33.7 Å². The molecule has 0 aliphatic carbocycles. The van der Waals surface area contributed by atoms with Gasteiger partial charge in [-0.05, 0) is 83.6 Å². The standard InChI is InChI=1S/C40H35N3O/c1-26(2)29-24-34(40(44-4)36(25-29)42-35-16-9-7-14-32(35)31-13-6-5-12-27(31)3)28-19-21-30(22-20-28)43-37-17-10-8-15-33(37)39-38(43)18-11-23-41-39/h5-26,42H,1-4H3. The topological polar surface area (TPSA) is 39.1 Å². The molecule has 0 bridgehead atoms. The Hall–Kier alpha value is -5.35. The largest absolute Gasteiger partial charge is 0.494 e. The molecule has 0 amide bonds. The summed E-state index contributed by atoms with van der Waals surface area (Å²) < 4.78 is 8.44. The highest BCUT2D eigenvalue weighted by Gasteiger charge is 2.18. The normalized spacial score (nSPS) is 11.4. The number of ether oxygens (including phenoxy) is 1. The molecule has 0 unspecified atom stereocenters. The fourth-order valence-electron chi connectivity index (χ4n) is 6.21. The second kappa shape index (κ2) is 11.4. The van der Waals surface area contributed by atoms with Crippen molar-refractivity contribution in [1.29, 1.82) is 0 Å². The van der Waals surface area contributed by atoms with Crippen LogP contribution in [0.15, 0.2) is 128 Å². The molecule has 0 saturated carbocycles. The van der Waals surface area contributed by atoms with Gasteiger partial charge in [0.2, 0.25) is 0 Å². The van der Waals surface area contributed by atoms with Gasteiger partial charge in [0.05, 0.1) is 29.3 Å². The molecule has 2 heterocycles. The first kappa shape index (κ1) is 27.5. The minimum absolute atomic E-state index is 0.344. The molecule has 0 atom stereocenters. The molecule has 0 saturated heterocycles. The molecule has 216 valence electrons. The van der Waals surface area contributed by atoms with Gasteiger partial charge in [-0.3, -0.25) is 4.98 Å². The number of aromatic nitrogens is 2. The number of nitrogens with one attached hydrogen (secondary N) is 1. The quantitative estimate of drug-likeness (QED) is 0.206. The highest BCUT2D eigenvalue weighted by Crippen LogP contribution is 2.43. The number of benzene rings is 5. The summed E-state index contributed by atoms with van der Waals surface area (Å²) in [7, 11) is 1.76. The van der Waals surface area contributed by atoms with Gasteiger partial charge in [-0.2, -0.15) is 0 Å². The van der Waals surface area contributed by atoms with Crippen LogP contribution >= 0.6 is 0 Å². The van der Waals surface area contributed by atoms with E-state index in [0.29, 0.717) is 5.92 Å². The lowest BCUT2D eigenvalue weighted by Gasteiger charge is -2.21. The van der Waals surface area contributed by atoms with Crippen LogP contribution in [0.5, 0.6) is 5.75 Å². The molecule has 0 fully saturated rings. The second-order valence-electron chi connectivity index (χ2n) is 11.6. The molecule has 4 nitrogen and oxygen atoms in total. The summed E-state index contributed by atoms with van der Waals surface area (Å²) in [5, 5.41) is 4.91. The molecular weight excluding hydrogens is 538 g/mol. The molecule has 0 spiro atoms. The Morgan fingerprint density at radius 1 is 0.682 bits per heavy atom. The van der Waals surface area contributed by atoms with E-state index in [1.54, 1.807) is 7.11 Å². The van der Waals surface area contributed by atoms with Crippen LogP contribution in [0.1, 0.15) is 30.9 Å². The SMILES string of the molecule is COc1c(Nc2ccccc2-c2ccccc2C)cc(C(C)C)cc1-c1ccc(-n2c3ccccc3c3ncccc32)cc1. The number of aryl methyl sites for hydroxylation is 1. The van der Waals surface area contributed by atoms with Crippen molar-refractivity contribution in [3.63, 3.8) is 0 Å². The molecule has 0 radical (unpaired) electrons. The lowest BCUT2D eigenvalue weighted by atomic mass is 9.94. The Bertz CT molecular complexity index is 2070. The van der Waals surface area contributed by atoms with E-state index in [1.165, 1.54) is 16.7 Å². The van der Waals surface area contributed by atoms with Crippen LogP contribution in [0.25, 0.3) is 49.9 Å². The van der Waals surface area contributed by atoms with Crippen LogP contribution in [0.2, 0.25) is 0 Å². The van der Waals surface area contributed by atoms with E-state index >= 15 is 0 Å². The average Bonchev–Trinajstić information content (AvgIpc) is 3.39. The predicted molar refractivity (Wildman–Crippen MR) is 185 cm³/mol. The molecule has 2 aromatic heterocycles. The zero-order valence-corrected chi connectivity index (χ0v) is 25.5. The Kier molecular flexibility index (Phi) is 7.11. The number of para-hydroxylation sites is 2. The van der Waals surface area contributed by atoms with Crippen LogP contribution in [-0.2, 0) is 0 Å². The van der Waals surface area contributed by atoms with Gasteiger partial charge in [0.1, 0.15) is 5.75 Å². The zero-order chi connectivity index (χ0) is 30.2. The van der Waals surface area contributed by atoms with Crippen LogP contribution in [-0.4, -0.2) is 16.7 Å². The highest BCUT2D eigenvalue weighted by molar-refractivity contribution is 6.07. The van der Waals surface area contributed by atoms with Crippen molar-refractivity contribution in [1.82, 2.24) is 9.55 Å². The van der Waals surface area contributed by atoms with Gasteiger partial charge in [0, 0.05) is 34.1 Å². The first-order valence-electron chi connectivity index (χ1n) is 15.1. The van der Waals surface area contributed by atoms with Crippen LogP contribution < -0.4 is 10.1 Å². The minimum atomic E-state index is 0.344. The first-order valence-corrected chi connectivity index (χ1v) is 15.1. The van der Waals surface area contributed by atoms with Gasteiger partial charge in [0.15, 0.2) is 0 Å². The number of methoxy groups -OCH3 is 1. The van der Waals surface area contributed by atoms with Gasteiger partial charge >= 0.3 is 0 Å². The monoisotopic (exact) mass is 573 g/mol. The molecule has 0 aliphatic rings. The molecule has 4 heteroatoms. The molecule has 7 rings (SSSR count). The Morgan fingerprint density at radius 3 is 2.16 bits per heavy atom. The smallest absolute Gasteiger partial charge is 0.150 e. The molecular formula is C40H35N3O. The number of rotatable bonds is 7. The van der Waals surface area contributed by atoms with Crippen LogP contribution in [0.4, 0.5) is 11.4 Å². The van der Waals surface area contributed by atoms with Crippen LogP contribution in [0, 0.1) is 6.92 Å². The van der Waals surface area contributed by atoms with Crippen molar-refractivity contribution >= 4 is 33.3 Å². The third-order valence-electron chi connectivity index (χ3n) is 8.48. The average molecular weight is 574 g/mol. The van der Waals surface area contributed by atoms with E-state index in [0.717, 1.165) is 61.4 Å². The van der Waals surface area contributed by atoms with Gasteiger partial charge in [-0.1, -0.05) is 86.6 Å². The summed E-state index contributed by atoms with van der Waals surface area (Å²) in [6.07, 6.45) is 1.86. The van der Waals surface area contributed by atoms with Gasteiger partial charge in [0.25, 0.3) is 0 Å². The summed E-state index contributed by atoms with van der Waals surface area (Å²) in [6, 6.07) is 42.8. The second-order valence-corrected chi connectivity index (χ2v) is 11.6. The van der Waals surface area contributed by atoms with Crippen molar-refractivity contribution in [2.45, 2.75) is 26.7 Å². The minimum Gasteiger partial charge on any atom is -0.494 e. The van der Waals surface area contributed by atoms with Crippen molar-refractivity contribution in [3.05, 3.63) is 139 Å². The Balaban J connectivity index is 1.33.